The molecular weight excluding hydrogens is 237 g/mol. The van der Waals surface area contributed by atoms with Gasteiger partial charge < -0.3 is 19.6 Å². The first kappa shape index (κ1) is 16.0. The smallest absolute Gasteiger partial charge is 0.368 e. The zero-order valence-corrected chi connectivity index (χ0v) is 10.8. The van der Waals surface area contributed by atoms with Gasteiger partial charge in [-0.25, -0.2) is 4.57 Å². The van der Waals surface area contributed by atoms with Crippen LogP contribution in [0.2, 0.25) is 0 Å². The van der Waals surface area contributed by atoms with Gasteiger partial charge in [0.1, 0.15) is 13.2 Å². The molecule has 0 aliphatic rings. The van der Waals surface area contributed by atoms with E-state index in [0.717, 1.165) is 0 Å². The predicted molar refractivity (Wildman–Crippen MR) is 57.5 cm³/mol. The average molecular weight is 258 g/mol. The van der Waals surface area contributed by atoms with Crippen LogP contribution < -0.4 is 0 Å². The van der Waals surface area contributed by atoms with E-state index in [1.54, 1.807) is 0 Å². The molecular formula is C8H21NO6P+. The van der Waals surface area contributed by atoms with Crippen molar-refractivity contribution < 1.29 is 33.2 Å². The average Bonchev–Trinajstić information content (AvgIpc) is 1.99. The number of aliphatic hydroxyl groups is 2. The molecule has 0 aromatic rings. The normalized spacial score (nSPS) is 16.4. The summed E-state index contributed by atoms with van der Waals surface area (Å²) in [5, 5.41) is 17.0. The molecule has 0 rings (SSSR count). The highest BCUT2D eigenvalue weighted by molar-refractivity contribution is 7.47. The van der Waals surface area contributed by atoms with E-state index in [1.165, 1.54) is 0 Å². The van der Waals surface area contributed by atoms with Gasteiger partial charge in [-0.2, -0.15) is 0 Å². The fraction of sp³-hybridized carbons (Fsp3) is 1.00. The molecule has 8 heteroatoms. The summed E-state index contributed by atoms with van der Waals surface area (Å²) in [5.41, 5.74) is 0. The van der Waals surface area contributed by atoms with E-state index >= 15 is 0 Å². The van der Waals surface area contributed by atoms with Gasteiger partial charge in [0.15, 0.2) is 6.29 Å². The maximum Gasteiger partial charge on any atom is 0.472 e. The number of hydrogen-bond acceptors (Lipinski definition) is 5. The summed E-state index contributed by atoms with van der Waals surface area (Å²) in [6.07, 6.45) is -1.69. The molecule has 0 aromatic carbocycles. The third-order valence-corrected chi connectivity index (χ3v) is 2.66. The number of phosphoric acid groups is 1. The monoisotopic (exact) mass is 258 g/mol. The predicted octanol–water partition coefficient (Wildman–Crippen LogP) is -0.473. The topological polar surface area (TPSA) is 96.2 Å². The number of likely N-dealkylation sites (N-methyl/N-ethyl adjacent to an activating group) is 1. The maximum atomic E-state index is 11.2. The van der Waals surface area contributed by atoms with Crippen molar-refractivity contribution in [1.29, 1.82) is 0 Å². The number of aliphatic hydroxyl groups excluding tert-OH is 1. The lowest BCUT2D eigenvalue weighted by atomic mass is 10.5. The first-order chi connectivity index (χ1) is 7.12. The van der Waals surface area contributed by atoms with Gasteiger partial charge in [0.2, 0.25) is 0 Å². The quantitative estimate of drug-likeness (QED) is 0.309. The minimum atomic E-state index is -4.07. The van der Waals surface area contributed by atoms with Crippen molar-refractivity contribution in [2.24, 2.45) is 0 Å². The van der Waals surface area contributed by atoms with Crippen LogP contribution in [-0.4, -0.2) is 66.8 Å². The highest BCUT2D eigenvalue weighted by Gasteiger charge is 2.22. The Hall–Kier alpha value is -0.0100. The van der Waals surface area contributed by atoms with Gasteiger partial charge in [0.05, 0.1) is 27.7 Å². The van der Waals surface area contributed by atoms with Crippen molar-refractivity contribution in [1.82, 2.24) is 0 Å². The lowest BCUT2D eigenvalue weighted by molar-refractivity contribution is -0.870. The summed E-state index contributed by atoms with van der Waals surface area (Å²) in [4.78, 5) is 9.17. The number of hydrogen-bond donors (Lipinski definition) is 3. The van der Waals surface area contributed by atoms with E-state index < -0.39 is 14.1 Å². The molecule has 0 spiro atoms. The molecule has 1 unspecified atom stereocenters. The Labute approximate surface area is 95.4 Å². The van der Waals surface area contributed by atoms with Gasteiger partial charge in [0, 0.05) is 6.42 Å². The Kier molecular flexibility index (Phi) is 6.65. The zero-order valence-electron chi connectivity index (χ0n) is 9.87. The Morgan fingerprint density at radius 3 is 2.12 bits per heavy atom. The highest BCUT2D eigenvalue weighted by atomic mass is 31.2. The third-order valence-electron chi connectivity index (χ3n) is 1.65. The SMILES string of the molecule is C[N+](C)(C)CCOP(=O)(O)OCCC(O)O. The molecule has 7 nitrogen and oxygen atoms in total. The molecule has 0 bridgehead atoms. The first-order valence-corrected chi connectivity index (χ1v) is 6.40. The van der Waals surface area contributed by atoms with Crippen molar-refractivity contribution in [2.45, 2.75) is 12.7 Å². The first-order valence-electron chi connectivity index (χ1n) is 4.91. The number of quaternary nitrogens is 1. The second kappa shape index (κ2) is 6.66. The summed E-state index contributed by atoms with van der Waals surface area (Å²) in [6.45, 7) is 0.422. The van der Waals surface area contributed by atoms with Gasteiger partial charge >= 0.3 is 7.82 Å². The van der Waals surface area contributed by atoms with Crippen LogP contribution >= 0.6 is 7.82 Å². The fourth-order valence-electron chi connectivity index (χ4n) is 0.741. The largest absolute Gasteiger partial charge is 0.472 e. The lowest BCUT2D eigenvalue weighted by Crippen LogP contribution is -2.37. The van der Waals surface area contributed by atoms with Crippen molar-refractivity contribution >= 4 is 7.82 Å². The van der Waals surface area contributed by atoms with Crippen LogP contribution in [0.3, 0.4) is 0 Å². The highest BCUT2D eigenvalue weighted by Crippen LogP contribution is 2.43. The molecule has 0 fully saturated rings. The summed E-state index contributed by atoms with van der Waals surface area (Å²) < 4.78 is 21.0. The molecule has 16 heavy (non-hydrogen) atoms. The Morgan fingerprint density at radius 1 is 1.19 bits per heavy atom. The lowest BCUT2D eigenvalue weighted by Gasteiger charge is -2.24. The summed E-state index contributed by atoms with van der Waals surface area (Å²) in [6, 6.07) is 0. The molecule has 0 aliphatic heterocycles. The summed E-state index contributed by atoms with van der Waals surface area (Å²) in [5.74, 6) is 0. The second-order valence-electron chi connectivity index (χ2n) is 4.42. The Balaban J connectivity index is 3.75. The summed E-state index contributed by atoms with van der Waals surface area (Å²) in [7, 11) is 1.71. The molecule has 1 atom stereocenters. The van der Waals surface area contributed by atoms with E-state index in [0.29, 0.717) is 11.0 Å². The fourth-order valence-corrected chi connectivity index (χ4v) is 1.46. The van der Waals surface area contributed by atoms with Gasteiger partial charge in [-0.1, -0.05) is 0 Å². The van der Waals surface area contributed by atoms with Gasteiger partial charge in [-0.3, -0.25) is 9.05 Å². The molecule has 0 radical (unpaired) electrons. The Bertz CT molecular complexity index is 239. The van der Waals surface area contributed by atoms with Gasteiger partial charge in [0.25, 0.3) is 0 Å². The van der Waals surface area contributed by atoms with E-state index in [4.69, 9.17) is 19.6 Å². The van der Waals surface area contributed by atoms with Crippen molar-refractivity contribution in [2.75, 3.05) is 40.9 Å². The van der Waals surface area contributed by atoms with E-state index in [2.05, 4.69) is 4.52 Å². The minimum absolute atomic E-state index is 0.0962. The van der Waals surface area contributed by atoms with Crippen LogP contribution in [0, 0.1) is 0 Å². The molecule has 0 amide bonds. The van der Waals surface area contributed by atoms with E-state index in [1.807, 2.05) is 21.1 Å². The van der Waals surface area contributed by atoms with Crippen LogP contribution in [0.1, 0.15) is 6.42 Å². The third kappa shape index (κ3) is 10.5. The molecule has 0 saturated carbocycles. The molecule has 0 saturated heterocycles. The molecule has 0 heterocycles. The van der Waals surface area contributed by atoms with Gasteiger partial charge in [-0.05, 0) is 0 Å². The molecule has 98 valence electrons. The van der Waals surface area contributed by atoms with E-state index in [-0.39, 0.29) is 19.6 Å². The van der Waals surface area contributed by atoms with Crippen LogP contribution in [0.25, 0.3) is 0 Å². The van der Waals surface area contributed by atoms with Crippen LogP contribution in [0.4, 0.5) is 0 Å². The zero-order chi connectivity index (χ0) is 12.8. The minimum Gasteiger partial charge on any atom is -0.368 e. The van der Waals surface area contributed by atoms with Crippen LogP contribution in [0.15, 0.2) is 0 Å². The standard InChI is InChI=1S/C8H20NO6P/c1-9(2,3)5-7-15-16(12,13)14-6-4-8(10)11/h8,10-11H,4-7H2,1-3H3/p+1. The van der Waals surface area contributed by atoms with Crippen LogP contribution in [-0.2, 0) is 13.6 Å². The molecule has 3 N–H and O–H groups in total. The molecule has 0 aromatic heterocycles. The molecule has 0 aliphatic carbocycles. The van der Waals surface area contributed by atoms with Crippen molar-refractivity contribution in [3.8, 4) is 0 Å². The Morgan fingerprint density at radius 2 is 1.69 bits per heavy atom. The van der Waals surface area contributed by atoms with Crippen molar-refractivity contribution in [3.63, 3.8) is 0 Å². The second-order valence-corrected chi connectivity index (χ2v) is 5.87. The number of phosphoric ester groups is 1. The number of rotatable bonds is 8. The maximum absolute atomic E-state index is 11.2. The van der Waals surface area contributed by atoms with Crippen molar-refractivity contribution in [3.05, 3.63) is 0 Å². The number of nitrogens with zero attached hydrogens (tertiary/aromatic N) is 1. The summed E-state index contributed by atoms with van der Waals surface area (Å²) >= 11 is 0. The van der Waals surface area contributed by atoms with Gasteiger partial charge in [-0.15, -0.1) is 0 Å². The van der Waals surface area contributed by atoms with E-state index in [9.17, 15) is 4.57 Å². The van der Waals surface area contributed by atoms with Crippen LogP contribution in [0.5, 0.6) is 0 Å².